The number of aromatic nitrogens is 2. The minimum Gasteiger partial charge on any atom is -0.377 e. The minimum absolute atomic E-state index is 0.0217. The van der Waals surface area contributed by atoms with Crippen LogP contribution in [0.25, 0.3) is 0 Å². The molecule has 0 saturated carbocycles. The van der Waals surface area contributed by atoms with Gasteiger partial charge >= 0.3 is 0 Å². The second-order valence-corrected chi connectivity index (χ2v) is 6.99. The van der Waals surface area contributed by atoms with Crippen molar-refractivity contribution in [3.8, 4) is 0 Å². The Morgan fingerprint density at radius 2 is 1.67 bits per heavy atom. The van der Waals surface area contributed by atoms with Crippen molar-refractivity contribution in [3.63, 3.8) is 0 Å². The molecule has 0 aliphatic heterocycles. The maximum Gasteiger partial charge on any atom is 0.279 e. The fourth-order valence-electron chi connectivity index (χ4n) is 2.35. The summed E-state index contributed by atoms with van der Waals surface area (Å²) in [4.78, 5) is 6.35. The Kier molecular flexibility index (Phi) is 4.52. The third-order valence-corrected chi connectivity index (χ3v) is 4.90. The summed E-state index contributed by atoms with van der Waals surface area (Å²) in [5.74, 6) is 0. The Hall–Kier alpha value is -2.80. The lowest BCUT2D eigenvalue weighted by Gasteiger charge is -2.19. The van der Waals surface area contributed by atoms with Gasteiger partial charge < -0.3 is 10.3 Å². The van der Waals surface area contributed by atoms with Gasteiger partial charge in [-0.25, -0.2) is 4.98 Å². The number of nitrogens with one attached hydrogen (secondary N) is 3. The number of hydrogen-bond donors (Lipinski definition) is 3. The standard InChI is InChI=1S/C17H18N4O2S/c1-13(14-7-3-2-4-8-14)20-15-9-5-6-10-16(15)21-24(22,23)17-11-18-12-19-17/h2-13,20-21H,1H3,(H,18,19)/t13-/m1/s1. The van der Waals surface area contributed by atoms with Gasteiger partial charge in [-0.3, -0.25) is 4.72 Å². The van der Waals surface area contributed by atoms with Gasteiger partial charge in [0.2, 0.25) is 0 Å². The second-order valence-electron chi connectivity index (χ2n) is 5.34. The lowest BCUT2D eigenvalue weighted by molar-refractivity contribution is 0.598. The highest BCUT2D eigenvalue weighted by atomic mass is 32.2. The van der Waals surface area contributed by atoms with E-state index in [0.717, 1.165) is 5.56 Å². The summed E-state index contributed by atoms with van der Waals surface area (Å²) < 4.78 is 27.3. The predicted octanol–water partition coefficient (Wildman–Crippen LogP) is 3.38. The number of para-hydroxylation sites is 2. The number of sulfonamides is 1. The summed E-state index contributed by atoms with van der Waals surface area (Å²) in [6, 6.07) is 17.2. The van der Waals surface area contributed by atoms with Gasteiger partial charge in [0.15, 0.2) is 5.03 Å². The van der Waals surface area contributed by atoms with E-state index >= 15 is 0 Å². The number of aromatic amines is 1. The van der Waals surface area contributed by atoms with Gasteiger partial charge in [-0.1, -0.05) is 42.5 Å². The first-order valence-corrected chi connectivity index (χ1v) is 8.96. The van der Waals surface area contributed by atoms with Gasteiger partial charge in [0.1, 0.15) is 0 Å². The van der Waals surface area contributed by atoms with Crippen LogP contribution in [-0.2, 0) is 10.0 Å². The summed E-state index contributed by atoms with van der Waals surface area (Å²) in [6.07, 6.45) is 2.60. The minimum atomic E-state index is -3.70. The van der Waals surface area contributed by atoms with Crippen LogP contribution >= 0.6 is 0 Å². The van der Waals surface area contributed by atoms with E-state index in [2.05, 4.69) is 20.0 Å². The molecule has 1 aromatic heterocycles. The van der Waals surface area contributed by atoms with Crippen molar-refractivity contribution in [3.05, 3.63) is 72.7 Å². The van der Waals surface area contributed by atoms with Crippen LogP contribution in [0.4, 0.5) is 11.4 Å². The van der Waals surface area contributed by atoms with Crippen molar-refractivity contribution >= 4 is 21.4 Å². The van der Waals surface area contributed by atoms with Crippen LogP contribution in [0.5, 0.6) is 0 Å². The zero-order valence-corrected chi connectivity index (χ0v) is 13.9. The second kappa shape index (κ2) is 6.76. The predicted molar refractivity (Wildman–Crippen MR) is 94.3 cm³/mol. The number of nitrogens with zero attached hydrogens (tertiary/aromatic N) is 1. The van der Waals surface area contributed by atoms with Crippen molar-refractivity contribution in [1.82, 2.24) is 9.97 Å². The van der Waals surface area contributed by atoms with Gasteiger partial charge in [-0.2, -0.15) is 8.42 Å². The quantitative estimate of drug-likeness (QED) is 0.641. The zero-order chi connectivity index (χ0) is 17.0. The monoisotopic (exact) mass is 342 g/mol. The summed E-state index contributed by atoms with van der Waals surface area (Å²) >= 11 is 0. The maximum atomic E-state index is 12.4. The van der Waals surface area contributed by atoms with Gasteiger partial charge in [0, 0.05) is 6.04 Å². The van der Waals surface area contributed by atoms with E-state index in [1.165, 1.54) is 12.5 Å². The molecule has 0 aliphatic carbocycles. The van der Waals surface area contributed by atoms with Crippen molar-refractivity contribution < 1.29 is 8.42 Å². The highest BCUT2D eigenvalue weighted by Crippen LogP contribution is 2.27. The molecule has 3 aromatic rings. The lowest BCUT2D eigenvalue weighted by Crippen LogP contribution is -2.15. The zero-order valence-electron chi connectivity index (χ0n) is 13.1. The molecule has 24 heavy (non-hydrogen) atoms. The molecule has 6 nitrogen and oxygen atoms in total. The molecule has 7 heteroatoms. The fraction of sp³-hybridized carbons (Fsp3) is 0.118. The number of hydrogen-bond acceptors (Lipinski definition) is 4. The Morgan fingerprint density at radius 3 is 2.33 bits per heavy atom. The van der Waals surface area contributed by atoms with Crippen LogP contribution < -0.4 is 10.0 Å². The van der Waals surface area contributed by atoms with Gasteiger partial charge in [-0.15, -0.1) is 0 Å². The number of anilines is 2. The van der Waals surface area contributed by atoms with E-state index in [1.54, 1.807) is 12.1 Å². The number of H-pyrrole nitrogens is 1. The molecule has 124 valence electrons. The summed E-state index contributed by atoms with van der Waals surface area (Å²) in [5.41, 5.74) is 2.30. The van der Waals surface area contributed by atoms with Crippen LogP contribution in [-0.4, -0.2) is 18.4 Å². The Labute approximate surface area is 141 Å². The first-order chi connectivity index (χ1) is 11.6. The Morgan fingerprint density at radius 1 is 1.00 bits per heavy atom. The average molecular weight is 342 g/mol. The molecule has 0 bridgehead atoms. The highest BCUT2D eigenvalue weighted by Gasteiger charge is 2.17. The average Bonchev–Trinajstić information content (AvgIpc) is 3.13. The van der Waals surface area contributed by atoms with Crippen molar-refractivity contribution in [2.75, 3.05) is 10.0 Å². The fourth-order valence-corrected chi connectivity index (χ4v) is 3.33. The third-order valence-electron chi connectivity index (χ3n) is 3.61. The first kappa shape index (κ1) is 16.1. The number of imidazole rings is 1. The summed E-state index contributed by atoms with van der Waals surface area (Å²) in [5, 5.41) is 3.36. The molecule has 0 amide bonds. The van der Waals surface area contributed by atoms with Crippen LogP contribution in [0.1, 0.15) is 18.5 Å². The number of benzene rings is 2. The van der Waals surface area contributed by atoms with Crippen molar-refractivity contribution in [2.24, 2.45) is 0 Å². The molecule has 0 aliphatic rings. The van der Waals surface area contributed by atoms with E-state index < -0.39 is 10.0 Å². The topological polar surface area (TPSA) is 86.9 Å². The summed E-state index contributed by atoms with van der Waals surface area (Å²) in [6.45, 7) is 2.02. The molecule has 0 saturated heterocycles. The Bertz CT molecular complexity index is 893. The molecule has 0 unspecified atom stereocenters. The summed E-state index contributed by atoms with van der Waals surface area (Å²) in [7, 11) is -3.70. The molecule has 0 spiro atoms. The molecule has 0 radical (unpaired) electrons. The van der Waals surface area contributed by atoms with Gasteiger partial charge in [-0.05, 0) is 24.6 Å². The normalized spacial score (nSPS) is 12.5. The SMILES string of the molecule is C[C@@H](Nc1ccccc1NS(=O)(=O)c1cnc[nH]1)c1ccccc1. The number of rotatable bonds is 6. The molecule has 3 rings (SSSR count). The van der Waals surface area contributed by atoms with Crippen LogP contribution in [0, 0.1) is 0 Å². The Balaban J connectivity index is 1.84. The smallest absolute Gasteiger partial charge is 0.279 e. The molecule has 0 fully saturated rings. The van der Waals surface area contributed by atoms with Crippen molar-refractivity contribution in [2.45, 2.75) is 18.0 Å². The molecule has 3 N–H and O–H groups in total. The van der Waals surface area contributed by atoms with E-state index in [0.29, 0.717) is 11.4 Å². The first-order valence-electron chi connectivity index (χ1n) is 7.48. The molecule has 1 heterocycles. The molecule has 2 aromatic carbocycles. The molecular weight excluding hydrogens is 324 g/mol. The van der Waals surface area contributed by atoms with E-state index in [4.69, 9.17) is 0 Å². The molecule has 1 atom stereocenters. The highest BCUT2D eigenvalue weighted by molar-refractivity contribution is 7.92. The third kappa shape index (κ3) is 3.57. The largest absolute Gasteiger partial charge is 0.377 e. The van der Waals surface area contributed by atoms with E-state index in [9.17, 15) is 8.42 Å². The van der Waals surface area contributed by atoms with Gasteiger partial charge in [0.25, 0.3) is 10.0 Å². The van der Waals surface area contributed by atoms with Crippen LogP contribution in [0.3, 0.4) is 0 Å². The van der Waals surface area contributed by atoms with Crippen LogP contribution in [0.2, 0.25) is 0 Å². The van der Waals surface area contributed by atoms with Crippen molar-refractivity contribution in [1.29, 1.82) is 0 Å². The van der Waals surface area contributed by atoms with E-state index in [1.807, 2.05) is 49.4 Å². The van der Waals surface area contributed by atoms with Crippen LogP contribution in [0.15, 0.2) is 72.1 Å². The van der Waals surface area contributed by atoms with Gasteiger partial charge in [0.05, 0.1) is 23.9 Å². The maximum absolute atomic E-state index is 12.4. The lowest BCUT2D eigenvalue weighted by atomic mass is 10.1. The molecular formula is C17H18N4O2S. The van der Waals surface area contributed by atoms with E-state index in [-0.39, 0.29) is 11.1 Å².